The first-order valence-corrected chi connectivity index (χ1v) is 20.0. The summed E-state index contributed by atoms with van der Waals surface area (Å²) in [5.74, 6) is -6.08. The third-order valence-electron chi connectivity index (χ3n) is 11.0. The van der Waals surface area contributed by atoms with E-state index in [0.29, 0.717) is 25.7 Å². The van der Waals surface area contributed by atoms with Crippen LogP contribution in [-0.4, -0.2) is 112 Å². The minimum atomic E-state index is -1.47. The van der Waals surface area contributed by atoms with Crippen LogP contribution in [0.15, 0.2) is 30.3 Å². The van der Waals surface area contributed by atoms with Crippen molar-refractivity contribution in [2.75, 3.05) is 13.1 Å². The Morgan fingerprint density at radius 3 is 1.73 bits per heavy atom. The summed E-state index contributed by atoms with van der Waals surface area (Å²) < 4.78 is 0. The lowest BCUT2D eigenvalue weighted by Crippen LogP contribution is -2.61. The Labute approximate surface area is 329 Å². The predicted octanol–water partition coefficient (Wildman–Crippen LogP) is 0.272. The Morgan fingerprint density at radius 2 is 1.20 bits per heavy atom. The van der Waals surface area contributed by atoms with Gasteiger partial charge in [-0.25, -0.2) is 0 Å². The zero-order valence-electron chi connectivity index (χ0n) is 33.5. The molecular weight excluding hydrogens is 720 g/mol. The molecular formula is C40H60N8O8. The van der Waals surface area contributed by atoms with Crippen molar-refractivity contribution in [3.05, 3.63) is 35.9 Å². The number of nitrogens with zero attached hydrogens (tertiary/aromatic N) is 2. The Balaban J connectivity index is 1.80. The van der Waals surface area contributed by atoms with Crippen LogP contribution in [0.2, 0.25) is 0 Å². The van der Waals surface area contributed by atoms with Crippen molar-refractivity contribution in [3.8, 4) is 0 Å². The van der Waals surface area contributed by atoms with Gasteiger partial charge >= 0.3 is 0 Å². The third-order valence-corrected chi connectivity index (χ3v) is 11.0. The first-order chi connectivity index (χ1) is 26.5. The van der Waals surface area contributed by atoms with Crippen LogP contribution in [0.3, 0.4) is 0 Å². The van der Waals surface area contributed by atoms with E-state index in [1.54, 1.807) is 26.0 Å². The second kappa shape index (κ2) is 19.7. The number of rotatable bonds is 9. The van der Waals surface area contributed by atoms with Gasteiger partial charge in [0.15, 0.2) is 0 Å². The zero-order chi connectivity index (χ0) is 41.3. The van der Waals surface area contributed by atoms with E-state index in [-0.39, 0.29) is 44.2 Å². The molecule has 0 aliphatic carbocycles. The quantitative estimate of drug-likeness (QED) is 0.203. The molecule has 16 heteroatoms. The third kappa shape index (κ3) is 11.1. The van der Waals surface area contributed by atoms with E-state index < -0.39 is 102 Å². The van der Waals surface area contributed by atoms with Crippen LogP contribution in [0.5, 0.6) is 0 Å². The van der Waals surface area contributed by atoms with Crippen LogP contribution in [0, 0.1) is 17.8 Å². The average molecular weight is 781 g/mol. The second-order valence-electron chi connectivity index (χ2n) is 16.2. The number of nitrogens with one attached hydrogen (secondary N) is 5. The highest BCUT2D eigenvalue weighted by molar-refractivity contribution is 6.00. The van der Waals surface area contributed by atoms with Gasteiger partial charge in [-0.1, -0.05) is 78.3 Å². The van der Waals surface area contributed by atoms with E-state index in [2.05, 4.69) is 26.6 Å². The molecule has 3 fully saturated rings. The van der Waals surface area contributed by atoms with Gasteiger partial charge in [0.05, 0.1) is 6.42 Å². The molecule has 0 aromatic heterocycles. The van der Waals surface area contributed by atoms with Gasteiger partial charge in [-0.3, -0.25) is 38.4 Å². The maximum Gasteiger partial charge on any atom is 0.246 e. The van der Waals surface area contributed by atoms with Crippen LogP contribution >= 0.6 is 0 Å². The zero-order valence-corrected chi connectivity index (χ0v) is 33.5. The van der Waals surface area contributed by atoms with Gasteiger partial charge in [-0.2, -0.15) is 0 Å². The number of carbonyl (C=O) groups excluding carboxylic acids is 8. The van der Waals surface area contributed by atoms with E-state index in [4.69, 9.17) is 5.73 Å². The highest BCUT2D eigenvalue weighted by atomic mass is 16.2. The number of primary amides is 1. The van der Waals surface area contributed by atoms with Gasteiger partial charge in [0.25, 0.3) is 0 Å². The molecule has 7 N–H and O–H groups in total. The van der Waals surface area contributed by atoms with Gasteiger partial charge in [0.1, 0.15) is 42.3 Å². The van der Waals surface area contributed by atoms with Gasteiger partial charge in [-0.15, -0.1) is 0 Å². The first-order valence-electron chi connectivity index (χ1n) is 20.0. The van der Waals surface area contributed by atoms with Crippen molar-refractivity contribution in [2.45, 2.75) is 135 Å². The van der Waals surface area contributed by atoms with Crippen molar-refractivity contribution in [1.82, 2.24) is 36.4 Å². The minimum Gasteiger partial charge on any atom is -0.370 e. The molecule has 308 valence electrons. The molecule has 3 aliphatic rings. The number of benzene rings is 1. The number of nitrogens with two attached hydrogens (primary N) is 1. The Hall–Kier alpha value is -5.02. The highest BCUT2D eigenvalue weighted by Crippen LogP contribution is 2.23. The van der Waals surface area contributed by atoms with Crippen molar-refractivity contribution in [2.24, 2.45) is 23.5 Å². The van der Waals surface area contributed by atoms with Gasteiger partial charge in [0, 0.05) is 19.5 Å². The molecule has 1 aromatic rings. The summed E-state index contributed by atoms with van der Waals surface area (Å²) in [4.78, 5) is 113. The van der Waals surface area contributed by atoms with Crippen molar-refractivity contribution in [1.29, 1.82) is 0 Å². The number of hydrogen-bond acceptors (Lipinski definition) is 8. The monoisotopic (exact) mass is 780 g/mol. The molecule has 3 heterocycles. The Bertz CT molecular complexity index is 1620. The summed E-state index contributed by atoms with van der Waals surface area (Å²) in [7, 11) is 0. The smallest absolute Gasteiger partial charge is 0.246 e. The van der Waals surface area contributed by atoms with Crippen LogP contribution in [0.4, 0.5) is 0 Å². The molecule has 3 aliphatic heterocycles. The van der Waals surface area contributed by atoms with Crippen LogP contribution in [0.1, 0.15) is 92.1 Å². The molecule has 0 radical (unpaired) electrons. The van der Waals surface area contributed by atoms with Crippen LogP contribution in [0.25, 0.3) is 0 Å². The standard InChI is InChI=1S/C40H60N8O8/c1-7-24(6)33-38(54)44-28(20-25-13-9-8-10-14-25)39(55)47-17-11-15-29(47)36(52)43-27(21-31(41)49)35(51)45-32(23(4)5)40(56)48-18-12-16-30(48)37(53)42-26(19-22(2)3)34(50)46-33/h8-10,13-14,22-24,26-30,32-33H,7,11-12,15-21H2,1-6H3,(H2,41,49)(H,42,53)(H,43,52)(H,44,54)(H,45,51)(H,46,50)/t24-,26-,27-,28-,29-,30-,32-,33-/m0/s1. The van der Waals surface area contributed by atoms with Gasteiger partial charge < -0.3 is 42.1 Å². The number of carbonyl (C=O) groups is 8. The molecule has 4 rings (SSSR count). The maximum absolute atomic E-state index is 14.4. The normalized spacial score (nSPS) is 28.1. The molecule has 3 saturated heterocycles. The molecule has 0 bridgehead atoms. The largest absolute Gasteiger partial charge is 0.370 e. The molecule has 1 aromatic carbocycles. The maximum atomic E-state index is 14.4. The Morgan fingerprint density at radius 1 is 0.679 bits per heavy atom. The van der Waals surface area contributed by atoms with Gasteiger partial charge in [-0.05, 0) is 55.4 Å². The Kier molecular flexibility index (Phi) is 15.4. The van der Waals surface area contributed by atoms with Crippen LogP contribution < -0.4 is 32.3 Å². The SMILES string of the molecule is CC[C@H](C)[C@@H]1NC(=O)[C@H](CC(C)C)NC(=O)[C@@H]2CCCN2C(=O)[C@H](C(C)C)NC(=O)[C@H](CC(N)=O)NC(=O)[C@@H]2CCCN2C(=O)[C@H](Cc2ccccc2)NC1=O. The van der Waals surface area contributed by atoms with E-state index in [1.807, 2.05) is 45.9 Å². The fourth-order valence-electron chi connectivity index (χ4n) is 7.67. The molecule has 56 heavy (non-hydrogen) atoms. The second-order valence-corrected chi connectivity index (χ2v) is 16.2. The molecule has 0 unspecified atom stereocenters. The summed E-state index contributed by atoms with van der Waals surface area (Å²) in [6.45, 7) is 11.3. The highest BCUT2D eigenvalue weighted by Gasteiger charge is 2.43. The fourth-order valence-corrected chi connectivity index (χ4v) is 7.67. The molecule has 16 nitrogen and oxygen atoms in total. The average Bonchev–Trinajstić information content (AvgIpc) is 3.85. The van der Waals surface area contributed by atoms with Gasteiger partial charge in [0.2, 0.25) is 47.3 Å². The topological polar surface area (TPSA) is 229 Å². The molecule has 8 amide bonds. The van der Waals surface area contributed by atoms with Crippen LogP contribution in [-0.2, 0) is 44.8 Å². The van der Waals surface area contributed by atoms with Crippen molar-refractivity contribution in [3.63, 3.8) is 0 Å². The number of hydrogen-bond donors (Lipinski definition) is 6. The van der Waals surface area contributed by atoms with E-state index in [0.717, 1.165) is 5.56 Å². The lowest BCUT2D eigenvalue weighted by atomic mass is 9.95. The molecule has 0 spiro atoms. The summed E-state index contributed by atoms with van der Waals surface area (Å²) in [5, 5.41) is 13.9. The summed E-state index contributed by atoms with van der Waals surface area (Å²) in [5.41, 5.74) is 6.26. The summed E-state index contributed by atoms with van der Waals surface area (Å²) in [6.07, 6.45) is 1.78. The van der Waals surface area contributed by atoms with Crippen molar-refractivity contribution >= 4 is 47.3 Å². The lowest BCUT2D eigenvalue weighted by Gasteiger charge is -2.32. The minimum absolute atomic E-state index is 0.0378. The summed E-state index contributed by atoms with van der Waals surface area (Å²) in [6, 6.07) is 1.20. The lowest BCUT2D eigenvalue weighted by molar-refractivity contribution is -0.144. The van der Waals surface area contributed by atoms with Crippen molar-refractivity contribution < 1.29 is 38.4 Å². The molecule has 0 saturated carbocycles. The van der Waals surface area contributed by atoms with E-state index in [1.165, 1.54) is 9.80 Å². The fraction of sp³-hybridized carbons (Fsp3) is 0.650. The number of fused-ring (bicyclic) bond motifs is 2. The predicted molar refractivity (Wildman–Crippen MR) is 207 cm³/mol. The summed E-state index contributed by atoms with van der Waals surface area (Å²) >= 11 is 0. The van der Waals surface area contributed by atoms with E-state index in [9.17, 15) is 38.4 Å². The number of amides is 8. The van der Waals surface area contributed by atoms with E-state index >= 15 is 0 Å². The first kappa shape index (κ1) is 43.7. The molecule has 8 atom stereocenters.